The number of fused-ring (bicyclic) bond motifs is 1. The Morgan fingerprint density at radius 3 is 3.00 bits per heavy atom. The van der Waals surface area contributed by atoms with Crippen LogP contribution in [0.3, 0.4) is 0 Å². The van der Waals surface area contributed by atoms with Crippen molar-refractivity contribution in [2.24, 2.45) is 0 Å². The molecule has 3 nitrogen and oxygen atoms in total. The van der Waals surface area contributed by atoms with Crippen LogP contribution in [-0.2, 0) is 19.4 Å². The first-order chi connectivity index (χ1) is 10.7. The Morgan fingerprint density at radius 2 is 2.18 bits per heavy atom. The number of aliphatic hydroxyl groups is 1. The van der Waals surface area contributed by atoms with Gasteiger partial charge in [0, 0.05) is 23.1 Å². The summed E-state index contributed by atoms with van der Waals surface area (Å²) in [4.78, 5) is 0. The molecule has 1 aliphatic heterocycles. The van der Waals surface area contributed by atoms with E-state index in [-0.39, 0.29) is 0 Å². The van der Waals surface area contributed by atoms with E-state index < -0.39 is 6.10 Å². The summed E-state index contributed by atoms with van der Waals surface area (Å²) in [6.45, 7) is 2.87. The van der Waals surface area contributed by atoms with E-state index >= 15 is 0 Å². The second kappa shape index (κ2) is 6.59. The molecule has 0 spiro atoms. The molecule has 0 radical (unpaired) electrons. The Labute approximate surface area is 135 Å². The number of hydrogen-bond donors (Lipinski definition) is 1. The lowest BCUT2D eigenvalue weighted by atomic mass is 10.0. The van der Waals surface area contributed by atoms with E-state index in [0.717, 1.165) is 34.1 Å². The van der Waals surface area contributed by atoms with Crippen LogP contribution < -0.4 is 9.47 Å². The molecule has 1 N–H and O–H groups in total. The van der Waals surface area contributed by atoms with Gasteiger partial charge in [-0.3, -0.25) is 0 Å². The molecule has 1 atom stereocenters. The van der Waals surface area contributed by atoms with Crippen LogP contribution in [0.2, 0.25) is 5.02 Å². The van der Waals surface area contributed by atoms with Gasteiger partial charge in [0.2, 0.25) is 0 Å². The van der Waals surface area contributed by atoms with Gasteiger partial charge < -0.3 is 14.6 Å². The van der Waals surface area contributed by atoms with Crippen molar-refractivity contribution in [3.8, 4) is 11.5 Å². The van der Waals surface area contributed by atoms with E-state index in [9.17, 15) is 5.11 Å². The van der Waals surface area contributed by atoms with E-state index in [1.165, 1.54) is 5.56 Å². The summed E-state index contributed by atoms with van der Waals surface area (Å²) in [7, 11) is 0. The zero-order valence-electron chi connectivity index (χ0n) is 12.5. The van der Waals surface area contributed by atoms with E-state index in [1.54, 1.807) is 0 Å². The second-order valence-electron chi connectivity index (χ2n) is 5.46. The summed E-state index contributed by atoms with van der Waals surface area (Å²) >= 11 is 6.27. The number of hydrogen-bond acceptors (Lipinski definition) is 3. The van der Waals surface area contributed by atoms with Gasteiger partial charge in [-0.2, -0.15) is 0 Å². The Kier molecular flexibility index (Phi) is 4.55. The van der Waals surface area contributed by atoms with Crippen molar-refractivity contribution in [2.75, 3.05) is 6.61 Å². The quantitative estimate of drug-likeness (QED) is 0.932. The third kappa shape index (κ3) is 3.21. The van der Waals surface area contributed by atoms with Crippen molar-refractivity contribution in [2.45, 2.75) is 32.5 Å². The predicted octanol–water partition coefficient (Wildman–Crippen LogP) is 3.78. The molecule has 1 aliphatic rings. The van der Waals surface area contributed by atoms with Crippen LogP contribution in [0.25, 0.3) is 0 Å². The van der Waals surface area contributed by atoms with Gasteiger partial charge in [0.1, 0.15) is 24.7 Å². The molecule has 0 bridgehead atoms. The standard InChI is InChI=1S/C18H19ClO3/c1-2-12-4-3-5-17(19)16(12)11-21-15-7-6-13-8-14(20)10-22-18(13)9-15/h3-7,9,14,20H,2,8,10-11H2,1H3. The predicted molar refractivity (Wildman–Crippen MR) is 86.8 cm³/mol. The first kappa shape index (κ1) is 15.2. The molecule has 2 aromatic carbocycles. The Morgan fingerprint density at radius 1 is 1.32 bits per heavy atom. The molecule has 0 saturated heterocycles. The Balaban J connectivity index is 1.75. The minimum atomic E-state index is -0.422. The number of aryl methyl sites for hydroxylation is 1. The average molecular weight is 319 g/mol. The molecular weight excluding hydrogens is 300 g/mol. The summed E-state index contributed by atoms with van der Waals surface area (Å²) < 4.78 is 11.4. The Hall–Kier alpha value is -1.71. The number of rotatable bonds is 4. The van der Waals surface area contributed by atoms with Crippen LogP contribution in [0.5, 0.6) is 11.5 Å². The molecular formula is C18H19ClO3. The summed E-state index contributed by atoms with van der Waals surface area (Å²) in [5.74, 6) is 1.54. The lowest BCUT2D eigenvalue weighted by Gasteiger charge is -2.22. The number of halogens is 1. The molecule has 0 aliphatic carbocycles. The molecule has 2 aromatic rings. The molecule has 3 rings (SSSR count). The number of ether oxygens (including phenoxy) is 2. The molecule has 4 heteroatoms. The topological polar surface area (TPSA) is 38.7 Å². The van der Waals surface area contributed by atoms with E-state index in [4.69, 9.17) is 21.1 Å². The summed E-state index contributed by atoms with van der Waals surface area (Å²) in [5, 5.41) is 10.3. The van der Waals surface area contributed by atoms with E-state index in [0.29, 0.717) is 19.6 Å². The molecule has 0 aromatic heterocycles. The maximum Gasteiger partial charge on any atom is 0.126 e. The summed E-state index contributed by atoms with van der Waals surface area (Å²) in [6.07, 6.45) is 1.12. The van der Waals surface area contributed by atoms with Crippen molar-refractivity contribution in [1.29, 1.82) is 0 Å². The van der Waals surface area contributed by atoms with Crippen molar-refractivity contribution < 1.29 is 14.6 Å². The van der Waals surface area contributed by atoms with Gasteiger partial charge in [-0.05, 0) is 29.7 Å². The van der Waals surface area contributed by atoms with Crippen LogP contribution >= 0.6 is 11.6 Å². The molecule has 22 heavy (non-hydrogen) atoms. The minimum absolute atomic E-state index is 0.334. The largest absolute Gasteiger partial charge is 0.490 e. The van der Waals surface area contributed by atoms with E-state index in [2.05, 4.69) is 13.0 Å². The van der Waals surface area contributed by atoms with Crippen LogP contribution in [-0.4, -0.2) is 17.8 Å². The summed E-state index contributed by atoms with van der Waals surface area (Å²) in [5.41, 5.74) is 3.24. The molecule has 1 heterocycles. The first-order valence-corrected chi connectivity index (χ1v) is 7.88. The van der Waals surface area contributed by atoms with Gasteiger partial charge in [0.15, 0.2) is 0 Å². The molecule has 116 valence electrons. The molecule has 0 fully saturated rings. The normalized spacial score (nSPS) is 16.8. The van der Waals surface area contributed by atoms with Crippen LogP contribution in [0, 0.1) is 0 Å². The van der Waals surface area contributed by atoms with Crippen molar-refractivity contribution in [3.63, 3.8) is 0 Å². The van der Waals surface area contributed by atoms with Gasteiger partial charge >= 0.3 is 0 Å². The lowest BCUT2D eigenvalue weighted by Crippen LogP contribution is -2.25. The fourth-order valence-electron chi connectivity index (χ4n) is 2.68. The highest BCUT2D eigenvalue weighted by molar-refractivity contribution is 6.31. The van der Waals surface area contributed by atoms with Gasteiger partial charge in [-0.25, -0.2) is 0 Å². The van der Waals surface area contributed by atoms with Crippen molar-refractivity contribution in [3.05, 3.63) is 58.1 Å². The lowest BCUT2D eigenvalue weighted by molar-refractivity contribution is 0.0918. The zero-order chi connectivity index (χ0) is 15.5. The van der Waals surface area contributed by atoms with E-state index in [1.807, 2.05) is 30.3 Å². The van der Waals surface area contributed by atoms with Crippen LogP contribution in [0.4, 0.5) is 0 Å². The van der Waals surface area contributed by atoms with Gasteiger partial charge in [0.25, 0.3) is 0 Å². The van der Waals surface area contributed by atoms with Gasteiger partial charge in [-0.15, -0.1) is 0 Å². The highest BCUT2D eigenvalue weighted by Gasteiger charge is 2.18. The maximum atomic E-state index is 9.59. The SMILES string of the molecule is CCc1cccc(Cl)c1COc1ccc2c(c1)OCC(O)C2. The molecule has 0 amide bonds. The highest BCUT2D eigenvalue weighted by Crippen LogP contribution is 2.30. The average Bonchev–Trinajstić information content (AvgIpc) is 2.53. The highest BCUT2D eigenvalue weighted by atomic mass is 35.5. The number of aliphatic hydroxyl groups excluding tert-OH is 1. The van der Waals surface area contributed by atoms with Gasteiger partial charge in [0.05, 0.1) is 6.10 Å². The smallest absolute Gasteiger partial charge is 0.126 e. The zero-order valence-corrected chi connectivity index (χ0v) is 13.3. The van der Waals surface area contributed by atoms with Gasteiger partial charge in [-0.1, -0.05) is 36.7 Å². The fourth-order valence-corrected chi connectivity index (χ4v) is 2.93. The fraction of sp³-hybridized carbons (Fsp3) is 0.333. The minimum Gasteiger partial charge on any atom is -0.490 e. The Bertz CT molecular complexity index is 669. The van der Waals surface area contributed by atoms with Crippen LogP contribution in [0.15, 0.2) is 36.4 Å². The maximum absolute atomic E-state index is 9.59. The van der Waals surface area contributed by atoms with Crippen LogP contribution in [0.1, 0.15) is 23.6 Å². The second-order valence-corrected chi connectivity index (χ2v) is 5.87. The third-order valence-electron chi connectivity index (χ3n) is 3.91. The first-order valence-electron chi connectivity index (χ1n) is 7.50. The van der Waals surface area contributed by atoms with Crippen molar-refractivity contribution >= 4 is 11.6 Å². The third-order valence-corrected chi connectivity index (χ3v) is 4.26. The summed E-state index contributed by atoms with van der Waals surface area (Å²) in [6, 6.07) is 11.6. The monoisotopic (exact) mass is 318 g/mol. The van der Waals surface area contributed by atoms with Crippen molar-refractivity contribution in [1.82, 2.24) is 0 Å². The number of benzene rings is 2. The molecule has 0 saturated carbocycles. The molecule has 1 unspecified atom stereocenters.